The lowest BCUT2D eigenvalue weighted by atomic mass is 10.2. The largest absolute Gasteiger partial charge is 0.292 e. The monoisotopic (exact) mass is 419 g/mol. The van der Waals surface area contributed by atoms with Crippen molar-refractivity contribution in [3.63, 3.8) is 0 Å². The fraction of sp³-hybridized carbons (Fsp3) is 0.118. The quantitative estimate of drug-likeness (QED) is 0.229. The Morgan fingerprint density at radius 2 is 1.04 bits per heavy atom. The fourth-order valence-corrected chi connectivity index (χ4v) is 2.46. The number of nitrogens with one attached hydrogen (secondary N) is 5. The van der Waals surface area contributed by atoms with Crippen LogP contribution in [-0.4, -0.2) is 15.0 Å². The lowest BCUT2D eigenvalue weighted by Gasteiger charge is -2.11. The van der Waals surface area contributed by atoms with Gasteiger partial charge in [-0.2, -0.15) is 15.0 Å². The average molecular weight is 420 g/mol. The maximum atomic E-state index is 5.88. The van der Waals surface area contributed by atoms with Gasteiger partial charge in [0.2, 0.25) is 17.8 Å². The van der Waals surface area contributed by atoms with Gasteiger partial charge in [0.1, 0.15) is 0 Å². The molecule has 1 aromatic heterocycles. The van der Waals surface area contributed by atoms with Gasteiger partial charge in [-0.15, -0.1) is 0 Å². The number of halogens is 2. The highest BCUT2D eigenvalue weighted by atomic mass is 35.5. The van der Waals surface area contributed by atoms with Gasteiger partial charge in [-0.3, -0.25) is 16.3 Å². The molecule has 0 radical (unpaired) electrons. The summed E-state index contributed by atoms with van der Waals surface area (Å²) in [6.45, 7) is 1.09. The van der Waals surface area contributed by atoms with Gasteiger partial charge >= 0.3 is 0 Å². The molecule has 2 aromatic carbocycles. The highest BCUT2D eigenvalue weighted by molar-refractivity contribution is 6.30. The lowest BCUT2D eigenvalue weighted by Crippen LogP contribution is -2.26. The highest BCUT2D eigenvalue weighted by Gasteiger charge is 2.05. The number of nitrogen functional groups attached to an aromatic ring is 1. The summed E-state index contributed by atoms with van der Waals surface area (Å²) in [4.78, 5) is 12.5. The van der Waals surface area contributed by atoms with E-state index in [1.807, 2.05) is 48.5 Å². The Morgan fingerprint density at radius 1 is 0.643 bits per heavy atom. The summed E-state index contributed by atoms with van der Waals surface area (Å²) in [6.07, 6.45) is 0. The van der Waals surface area contributed by atoms with Crippen LogP contribution in [0, 0.1) is 0 Å². The van der Waals surface area contributed by atoms with Crippen molar-refractivity contribution in [2.24, 2.45) is 5.84 Å². The molecule has 0 fully saturated rings. The standard InChI is InChI=1S/C17H19Cl2N9/c18-13-5-1-11(2-6-13)9-21-27-16-23-15(26-20)24-17(25-16)28-22-10-12-3-7-14(19)8-4-12/h1-8,21-22H,9-10,20H2,(H3,23,24,25,26,27,28). The molecular formula is C17H19Cl2N9. The first-order chi connectivity index (χ1) is 13.6. The molecule has 11 heteroatoms. The number of hydrogen-bond donors (Lipinski definition) is 6. The number of rotatable bonds is 9. The second kappa shape index (κ2) is 10.0. The van der Waals surface area contributed by atoms with Crippen LogP contribution in [0.4, 0.5) is 17.8 Å². The van der Waals surface area contributed by atoms with Crippen LogP contribution in [0.1, 0.15) is 11.1 Å². The molecular weight excluding hydrogens is 401 g/mol. The normalized spacial score (nSPS) is 10.5. The van der Waals surface area contributed by atoms with Crippen molar-refractivity contribution in [2.45, 2.75) is 13.1 Å². The summed E-state index contributed by atoms with van der Waals surface area (Å²) in [6, 6.07) is 15.0. The molecule has 0 saturated carbocycles. The minimum Gasteiger partial charge on any atom is -0.292 e. The molecule has 0 saturated heterocycles. The minimum atomic E-state index is 0.210. The van der Waals surface area contributed by atoms with Crippen molar-refractivity contribution in [1.29, 1.82) is 0 Å². The summed E-state index contributed by atoms with van der Waals surface area (Å²) < 4.78 is 0. The van der Waals surface area contributed by atoms with E-state index >= 15 is 0 Å². The van der Waals surface area contributed by atoms with E-state index in [0.717, 1.165) is 11.1 Å². The molecule has 3 aromatic rings. The van der Waals surface area contributed by atoms with E-state index in [1.54, 1.807) is 0 Å². The lowest BCUT2D eigenvalue weighted by molar-refractivity contribution is 0.767. The number of nitrogens with two attached hydrogens (primary N) is 1. The molecule has 9 nitrogen and oxygen atoms in total. The molecule has 146 valence electrons. The van der Waals surface area contributed by atoms with Gasteiger partial charge in [0.25, 0.3) is 0 Å². The molecule has 0 bridgehead atoms. The van der Waals surface area contributed by atoms with Crippen LogP contribution in [0.3, 0.4) is 0 Å². The number of anilines is 3. The molecule has 0 aliphatic carbocycles. The van der Waals surface area contributed by atoms with Crippen LogP contribution in [0.5, 0.6) is 0 Å². The Hall–Kier alpha value is -2.69. The average Bonchev–Trinajstić information content (AvgIpc) is 2.71. The Labute approximate surface area is 172 Å². The number of benzene rings is 2. The molecule has 1 heterocycles. The smallest absolute Gasteiger partial charge is 0.244 e. The Morgan fingerprint density at radius 3 is 1.43 bits per heavy atom. The molecule has 3 rings (SSSR count). The minimum absolute atomic E-state index is 0.210. The number of nitrogens with zero attached hydrogens (tertiary/aromatic N) is 3. The highest BCUT2D eigenvalue weighted by Crippen LogP contribution is 2.11. The number of hydrogen-bond acceptors (Lipinski definition) is 9. The van der Waals surface area contributed by atoms with E-state index in [0.29, 0.717) is 35.0 Å². The van der Waals surface area contributed by atoms with Crippen LogP contribution < -0.4 is 33.0 Å². The van der Waals surface area contributed by atoms with E-state index in [9.17, 15) is 0 Å². The first kappa shape index (κ1) is 20.1. The van der Waals surface area contributed by atoms with Crippen LogP contribution >= 0.6 is 23.2 Å². The van der Waals surface area contributed by atoms with E-state index in [-0.39, 0.29) is 5.95 Å². The van der Waals surface area contributed by atoms with Crippen LogP contribution in [-0.2, 0) is 13.1 Å². The van der Waals surface area contributed by atoms with Crippen molar-refractivity contribution in [3.8, 4) is 0 Å². The fourth-order valence-electron chi connectivity index (χ4n) is 2.21. The van der Waals surface area contributed by atoms with Gasteiger partial charge in [0.15, 0.2) is 0 Å². The molecule has 0 unspecified atom stereocenters. The van der Waals surface area contributed by atoms with Crippen LogP contribution in [0.2, 0.25) is 10.0 Å². The maximum Gasteiger partial charge on any atom is 0.244 e. The molecule has 0 atom stereocenters. The Kier molecular flexibility index (Phi) is 7.18. The molecule has 0 amide bonds. The first-order valence-electron chi connectivity index (χ1n) is 8.32. The zero-order valence-corrected chi connectivity index (χ0v) is 16.2. The van der Waals surface area contributed by atoms with Crippen LogP contribution in [0.15, 0.2) is 48.5 Å². The van der Waals surface area contributed by atoms with E-state index in [2.05, 4.69) is 42.1 Å². The van der Waals surface area contributed by atoms with Gasteiger partial charge in [-0.25, -0.2) is 16.7 Å². The predicted octanol–water partition coefficient (Wildman–Crippen LogP) is 2.70. The molecule has 28 heavy (non-hydrogen) atoms. The van der Waals surface area contributed by atoms with Gasteiger partial charge in [0, 0.05) is 23.1 Å². The second-order valence-corrected chi connectivity index (χ2v) is 6.53. The molecule has 0 spiro atoms. The van der Waals surface area contributed by atoms with Gasteiger partial charge in [-0.1, -0.05) is 47.5 Å². The summed E-state index contributed by atoms with van der Waals surface area (Å²) in [5.41, 5.74) is 16.4. The van der Waals surface area contributed by atoms with E-state index in [1.165, 1.54) is 0 Å². The van der Waals surface area contributed by atoms with E-state index < -0.39 is 0 Å². The molecule has 7 N–H and O–H groups in total. The first-order valence-corrected chi connectivity index (χ1v) is 9.07. The third-order valence-corrected chi connectivity index (χ3v) is 4.08. The van der Waals surface area contributed by atoms with Crippen molar-refractivity contribution < 1.29 is 0 Å². The predicted molar refractivity (Wildman–Crippen MR) is 111 cm³/mol. The SMILES string of the molecule is NNc1nc(NNCc2ccc(Cl)cc2)nc(NNCc2ccc(Cl)cc2)n1. The van der Waals surface area contributed by atoms with Crippen molar-refractivity contribution in [3.05, 3.63) is 69.7 Å². The third-order valence-electron chi connectivity index (χ3n) is 3.58. The zero-order valence-electron chi connectivity index (χ0n) is 14.7. The number of hydrazine groups is 3. The van der Waals surface area contributed by atoms with Crippen molar-refractivity contribution in [1.82, 2.24) is 25.8 Å². The number of aromatic nitrogens is 3. The summed E-state index contributed by atoms with van der Waals surface area (Å²) in [7, 11) is 0. The van der Waals surface area contributed by atoms with Crippen molar-refractivity contribution >= 4 is 41.0 Å². The van der Waals surface area contributed by atoms with Crippen molar-refractivity contribution in [2.75, 3.05) is 16.3 Å². The Balaban J connectivity index is 1.54. The van der Waals surface area contributed by atoms with Gasteiger partial charge in [-0.05, 0) is 35.4 Å². The molecule has 0 aliphatic heterocycles. The summed E-state index contributed by atoms with van der Waals surface area (Å²) >= 11 is 11.8. The topological polar surface area (TPSA) is 125 Å². The van der Waals surface area contributed by atoms with Gasteiger partial charge in [0.05, 0.1) is 0 Å². The Bertz CT molecular complexity index is 818. The van der Waals surface area contributed by atoms with Crippen LogP contribution in [0.25, 0.3) is 0 Å². The zero-order chi connectivity index (χ0) is 19.8. The maximum absolute atomic E-state index is 5.88. The van der Waals surface area contributed by atoms with Gasteiger partial charge < -0.3 is 0 Å². The molecule has 0 aliphatic rings. The third kappa shape index (κ3) is 6.19. The second-order valence-electron chi connectivity index (χ2n) is 5.66. The summed E-state index contributed by atoms with van der Waals surface area (Å²) in [5.74, 6) is 6.24. The summed E-state index contributed by atoms with van der Waals surface area (Å²) in [5, 5.41) is 1.38. The van der Waals surface area contributed by atoms with E-state index in [4.69, 9.17) is 29.0 Å².